The van der Waals surface area contributed by atoms with Crippen LogP contribution in [0, 0.1) is 0 Å². The van der Waals surface area contributed by atoms with Gasteiger partial charge in [-0.2, -0.15) is 0 Å². The van der Waals surface area contributed by atoms with Crippen LogP contribution in [0.5, 0.6) is 5.75 Å². The number of carbonyl (C=O) groups excluding carboxylic acids is 1. The first kappa shape index (κ1) is 18.2. The molecule has 0 N–H and O–H groups in total. The Morgan fingerprint density at radius 2 is 1.62 bits per heavy atom. The zero-order valence-electron chi connectivity index (χ0n) is 13.1. The quantitative estimate of drug-likeness (QED) is 0.331. The van der Waals surface area contributed by atoms with Gasteiger partial charge in [0.1, 0.15) is 5.75 Å². The van der Waals surface area contributed by atoms with Gasteiger partial charge in [-0.3, -0.25) is 4.79 Å². The maximum Gasteiger partial charge on any atom is 0.153 e. The monoisotopic (exact) mass is 354 g/mol. The molecule has 0 amide bonds. The van der Waals surface area contributed by atoms with Crippen molar-refractivity contribution in [2.45, 2.75) is 64.7 Å². The SMILES string of the molecule is CCCCCCCCCCCOc1ccc(Br)cc1C=O. The van der Waals surface area contributed by atoms with Crippen molar-refractivity contribution in [2.24, 2.45) is 0 Å². The molecule has 1 aromatic rings. The van der Waals surface area contributed by atoms with Gasteiger partial charge in [-0.15, -0.1) is 0 Å². The molecule has 0 saturated carbocycles. The molecule has 21 heavy (non-hydrogen) atoms. The first-order chi connectivity index (χ1) is 10.3. The smallest absolute Gasteiger partial charge is 0.153 e. The van der Waals surface area contributed by atoms with Gasteiger partial charge in [-0.25, -0.2) is 0 Å². The van der Waals surface area contributed by atoms with E-state index < -0.39 is 0 Å². The molecule has 3 heteroatoms. The average molecular weight is 355 g/mol. The fourth-order valence-electron chi connectivity index (χ4n) is 2.34. The number of halogens is 1. The number of hydrogen-bond acceptors (Lipinski definition) is 2. The molecule has 2 nitrogen and oxygen atoms in total. The Kier molecular flexibility index (Phi) is 10.2. The second-order valence-electron chi connectivity index (χ2n) is 5.48. The molecule has 0 radical (unpaired) electrons. The second kappa shape index (κ2) is 11.8. The minimum atomic E-state index is 0.611. The lowest BCUT2D eigenvalue weighted by Crippen LogP contribution is -2.00. The van der Waals surface area contributed by atoms with Gasteiger partial charge in [0, 0.05) is 4.47 Å². The van der Waals surface area contributed by atoms with Gasteiger partial charge in [0.25, 0.3) is 0 Å². The maximum atomic E-state index is 11.0. The number of benzene rings is 1. The van der Waals surface area contributed by atoms with E-state index in [9.17, 15) is 4.79 Å². The van der Waals surface area contributed by atoms with Crippen molar-refractivity contribution in [3.8, 4) is 5.75 Å². The Bertz CT molecular complexity index is 404. The second-order valence-corrected chi connectivity index (χ2v) is 6.39. The van der Waals surface area contributed by atoms with Crippen molar-refractivity contribution in [2.75, 3.05) is 6.61 Å². The third-order valence-corrected chi connectivity index (χ3v) is 4.10. The Labute approximate surface area is 137 Å². The predicted octanol–water partition coefficient (Wildman–Crippen LogP) is 6.17. The van der Waals surface area contributed by atoms with E-state index in [0.29, 0.717) is 17.9 Å². The summed E-state index contributed by atoms with van der Waals surface area (Å²) in [6.45, 7) is 2.94. The highest BCUT2D eigenvalue weighted by Crippen LogP contribution is 2.22. The van der Waals surface area contributed by atoms with Gasteiger partial charge < -0.3 is 4.74 Å². The lowest BCUT2D eigenvalue weighted by molar-refractivity contribution is 0.111. The molecule has 118 valence electrons. The summed E-state index contributed by atoms with van der Waals surface area (Å²) in [6, 6.07) is 5.54. The lowest BCUT2D eigenvalue weighted by atomic mass is 10.1. The van der Waals surface area contributed by atoms with Crippen LogP contribution < -0.4 is 4.74 Å². The molecular formula is C18H27BrO2. The Hall–Kier alpha value is -0.830. The topological polar surface area (TPSA) is 26.3 Å². The largest absolute Gasteiger partial charge is 0.493 e. The summed E-state index contributed by atoms with van der Waals surface area (Å²) in [5, 5.41) is 0. The molecule has 1 aromatic carbocycles. The molecule has 0 heterocycles. The standard InChI is InChI=1S/C18H27BrO2/c1-2-3-4-5-6-7-8-9-10-13-21-18-12-11-17(19)14-16(18)15-20/h11-12,14-15H,2-10,13H2,1H3. The number of aldehydes is 1. The van der Waals surface area contributed by atoms with Crippen LogP contribution in [-0.2, 0) is 0 Å². The lowest BCUT2D eigenvalue weighted by Gasteiger charge is -2.08. The molecule has 0 fully saturated rings. The van der Waals surface area contributed by atoms with Crippen molar-refractivity contribution >= 4 is 22.2 Å². The number of ether oxygens (including phenoxy) is 1. The molecule has 0 saturated heterocycles. The Morgan fingerprint density at radius 3 is 2.24 bits per heavy atom. The molecule has 0 spiro atoms. The van der Waals surface area contributed by atoms with Gasteiger partial charge in [0.15, 0.2) is 6.29 Å². The molecular weight excluding hydrogens is 328 g/mol. The molecule has 0 unspecified atom stereocenters. The number of unbranched alkanes of at least 4 members (excludes halogenated alkanes) is 8. The molecule has 1 rings (SSSR count). The fraction of sp³-hybridized carbons (Fsp3) is 0.611. The highest BCUT2D eigenvalue weighted by atomic mass is 79.9. The van der Waals surface area contributed by atoms with E-state index in [2.05, 4.69) is 22.9 Å². The Morgan fingerprint density at radius 1 is 1.00 bits per heavy atom. The van der Waals surface area contributed by atoms with Crippen molar-refractivity contribution in [3.05, 3.63) is 28.2 Å². The van der Waals surface area contributed by atoms with Crippen LogP contribution >= 0.6 is 15.9 Å². The van der Waals surface area contributed by atoms with Crippen molar-refractivity contribution < 1.29 is 9.53 Å². The van der Waals surface area contributed by atoms with E-state index in [4.69, 9.17) is 4.74 Å². The van der Waals surface area contributed by atoms with E-state index in [0.717, 1.165) is 17.2 Å². The van der Waals surface area contributed by atoms with Gasteiger partial charge >= 0.3 is 0 Å². The summed E-state index contributed by atoms with van der Waals surface area (Å²) in [6.07, 6.45) is 12.6. The average Bonchev–Trinajstić information content (AvgIpc) is 2.50. The summed E-state index contributed by atoms with van der Waals surface area (Å²) in [7, 11) is 0. The van der Waals surface area contributed by atoms with E-state index in [1.165, 1.54) is 51.4 Å². The predicted molar refractivity (Wildman–Crippen MR) is 92.3 cm³/mol. The van der Waals surface area contributed by atoms with Crippen LogP contribution in [0.1, 0.15) is 75.1 Å². The molecule has 0 aliphatic carbocycles. The van der Waals surface area contributed by atoms with Crippen LogP contribution in [0.25, 0.3) is 0 Å². The minimum Gasteiger partial charge on any atom is -0.493 e. The minimum absolute atomic E-state index is 0.611. The van der Waals surface area contributed by atoms with Crippen molar-refractivity contribution in [3.63, 3.8) is 0 Å². The first-order valence-corrected chi connectivity index (χ1v) is 8.94. The highest BCUT2D eigenvalue weighted by Gasteiger charge is 2.03. The zero-order chi connectivity index (χ0) is 15.3. The number of carbonyl (C=O) groups is 1. The van der Waals surface area contributed by atoms with Crippen LogP contribution in [0.3, 0.4) is 0 Å². The van der Waals surface area contributed by atoms with E-state index >= 15 is 0 Å². The first-order valence-electron chi connectivity index (χ1n) is 8.15. The fourth-order valence-corrected chi connectivity index (χ4v) is 2.72. The normalized spacial score (nSPS) is 10.6. The van der Waals surface area contributed by atoms with E-state index in [1.54, 1.807) is 6.07 Å². The third kappa shape index (κ3) is 8.25. The molecule has 0 bridgehead atoms. The van der Waals surface area contributed by atoms with Crippen molar-refractivity contribution in [1.29, 1.82) is 0 Å². The van der Waals surface area contributed by atoms with E-state index in [1.807, 2.05) is 12.1 Å². The highest BCUT2D eigenvalue weighted by molar-refractivity contribution is 9.10. The summed E-state index contributed by atoms with van der Waals surface area (Å²) in [5.41, 5.74) is 0.611. The number of hydrogen-bond donors (Lipinski definition) is 0. The van der Waals surface area contributed by atoms with Gasteiger partial charge in [-0.05, 0) is 24.6 Å². The molecule has 0 aliphatic heterocycles. The van der Waals surface area contributed by atoms with Crippen LogP contribution in [0.15, 0.2) is 22.7 Å². The maximum absolute atomic E-state index is 11.0. The van der Waals surface area contributed by atoms with E-state index in [-0.39, 0.29) is 0 Å². The van der Waals surface area contributed by atoms with Gasteiger partial charge in [0.2, 0.25) is 0 Å². The van der Waals surface area contributed by atoms with Crippen LogP contribution in [-0.4, -0.2) is 12.9 Å². The zero-order valence-corrected chi connectivity index (χ0v) is 14.7. The van der Waals surface area contributed by atoms with Gasteiger partial charge in [0.05, 0.1) is 12.2 Å². The van der Waals surface area contributed by atoms with Crippen molar-refractivity contribution in [1.82, 2.24) is 0 Å². The van der Waals surface area contributed by atoms with Crippen LogP contribution in [0.2, 0.25) is 0 Å². The third-order valence-electron chi connectivity index (χ3n) is 3.60. The summed E-state index contributed by atoms with van der Waals surface area (Å²) < 4.78 is 6.59. The molecule has 0 aromatic heterocycles. The summed E-state index contributed by atoms with van der Waals surface area (Å²) >= 11 is 3.36. The summed E-state index contributed by atoms with van der Waals surface area (Å²) in [4.78, 5) is 11.0. The Balaban J connectivity index is 2.05. The molecule has 0 aliphatic rings. The molecule has 0 atom stereocenters. The van der Waals surface area contributed by atoms with Crippen LogP contribution in [0.4, 0.5) is 0 Å². The summed E-state index contributed by atoms with van der Waals surface area (Å²) in [5.74, 6) is 0.688. The van der Waals surface area contributed by atoms with Gasteiger partial charge in [-0.1, -0.05) is 74.2 Å². The number of rotatable bonds is 12.